The zero-order valence-electron chi connectivity index (χ0n) is 37.3. The summed E-state index contributed by atoms with van der Waals surface area (Å²) in [4.78, 5) is 96.4. The summed E-state index contributed by atoms with van der Waals surface area (Å²) in [5.41, 5.74) is 10.8. The molecule has 364 valence electrons. The third-order valence-electron chi connectivity index (χ3n) is 9.80. The molecule has 0 aromatic carbocycles. The van der Waals surface area contributed by atoms with Crippen LogP contribution in [0.1, 0.15) is 148 Å². The van der Waals surface area contributed by atoms with Crippen LogP contribution in [0.2, 0.25) is 0 Å². The lowest BCUT2D eigenvalue weighted by Gasteiger charge is -2.15. The van der Waals surface area contributed by atoms with E-state index in [2.05, 4.69) is 21.3 Å². The number of nitrogens with zero attached hydrogens (tertiary/aromatic N) is 4. The van der Waals surface area contributed by atoms with Gasteiger partial charge in [0.2, 0.25) is 47.3 Å². The predicted octanol–water partition coefficient (Wildman–Crippen LogP) is 1.21. The van der Waals surface area contributed by atoms with Gasteiger partial charge in [-0.3, -0.25) is 59.2 Å². The van der Waals surface area contributed by atoms with Crippen molar-refractivity contribution in [3.63, 3.8) is 0 Å². The first kappa shape index (κ1) is 58.5. The molecule has 0 rings (SSSR count). The van der Waals surface area contributed by atoms with Crippen LogP contribution < -0.4 is 32.7 Å². The molecule has 0 fully saturated rings. The molecule has 0 spiro atoms. The highest BCUT2D eigenvalue weighted by Gasteiger charge is 2.16. The third kappa shape index (κ3) is 34.7. The molecule has 0 bridgehead atoms. The van der Waals surface area contributed by atoms with Crippen LogP contribution in [-0.4, -0.2) is 154 Å². The number of rotatable bonds is 40. The SMILES string of the molecule is NCCCCCN(O)C(=O)CCC(=O)NCCCCCN(O)C(=O)CCC(=O)NCCCCCNC(=O)CCC(=O)N(O)CCCCCNC(=O)CCC(=O)N(O)CCCCCN. The number of hydrogen-bond donors (Lipinski definition) is 10. The van der Waals surface area contributed by atoms with Gasteiger partial charge in [0.25, 0.3) is 0 Å². The molecule has 8 amide bonds. The number of amides is 8. The Kier molecular flexibility index (Phi) is 36.4. The molecule has 12 N–H and O–H groups in total. The van der Waals surface area contributed by atoms with Crippen molar-refractivity contribution < 1.29 is 59.2 Å². The lowest BCUT2D eigenvalue weighted by molar-refractivity contribution is -0.166. The molecule has 22 nitrogen and oxygen atoms in total. The highest BCUT2D eigenvalue weighted by Crippen LogP contribution is 2.05. The maximum absolute atomic E-state index is 12.2. The van der Waals surface area contributed by atoms with Gasteiger partial charge in [0.15, 0.2) is 0 Å². The first-order valence-electron chi connectivity index (χ1n) is 22.7. The summed E-state index contributed by atoms with van der Waals surface area (Å²) in [7, 11) is 0. The lowest BCUT2D eigenvalue weighted by Crippen LogP contribution is -2.31. The molecule has 0 unspecified atom stereocenters. The zero-order chi connectivity index (χ0) is 47.1. The Morgan fingerprint density at radius 2 is 0.508 bits per heavy atom. The van der Waals surface area contributed by atoms with Gasteiger partial charge in [-0.05, 0) is 96.6 Å². The van der Waals surface area contributed by atoms with Gasteiger partial charge in [-0.15, -0.1) is 0 Å². The molecule has 0 atom stereocenters. The van der Waals surface area contributed by atoms with E-state index in [0.29, 0.717) is 130 Å². The second-order valence-electron chi connectivity index (χ2n) is 15.3. The van der Waals surface area contributed by atoms with Crippen molar-refractivity contribution >= 4 is 47.3 Å². The van der Waals surface area contributed by atoms with E-state index in [1.807, 2.05) is 0 Å². The van der Waals surface area contributed by atoms with E-state index in [1.165, 1.54) is 0 Å². The van der Waals surface area contributed by atoms with Crippen LogP contribution in [-0.2, 0) is 38.4 Å². The molecule has 0 aromatic heterocycles. The number of unbranched alkanes of at least 4 members (excludes halogenated alkanes) is 10. The van der Waals surface area contributed by atoms with Gasteiger partial charge in [-0.1, -0.05) is 12.8 Å². The van der Waals surface area contributed by atoms with Crippen LogP contribution in [0, 0.1) is 0 Å². The van der Waals surface area contributed by atoms with Gasteiger partial charge in [-0.25, -0.2) is 20.3 Å². The lowest BCUT2D eigenvalue weighted by atomic mass is 10.2. The summed E-state index contributed by atoms with van der Waals surface area (Å²) < 4.78 is 0. The van der Waals surface area contributed by atoms with E-state index in [0.717, 1.165) is 25.7 Å². The molecule has 0 heterocycles. The van der Waals surface area contributed by atoms with E-state index in [-0.39, 0.29) is 101 Å². The van der Waals surface area contributed by atoms with E-state index >= 15 is 0 Å². The molecule has 63 heavy (non-hydrogen) atoms. The van der Waals surface area contributed by atoms with Crippen LogP contribution in [0.15, 0.2) is 0 Å². The van der Waals surface area contributed by atoms with Crippen molar-refractivity contribution in [2.45, 2.75) is 148 Å². The smallest absolute Gasteiger partial charge is 0.246 e. The average molecular weight is 903 g/mol. The van der Waals surface area contributed by atoms with E-state index < -0.39 is 23.6 Å². The standard InChI is InChI=1S/C41H78N10O12/c42-24-6-1-12-30-48(60)38(56)20-18-36(54)46-28-10-4-14-32-50(62)40(58)22-16-34(52)44-26-8-3-9-27-45-35(53)17-23-41(59)51(63)33-15-5-11-29-47-37(55)19-21-39(57)49(61)31-13-2-7-25-43/h60-63H,1-33,42-43H2,(H,44,52)(H,45,53)(H,46,54)(H,47,55). The zero-order valence-corrected chi connectivity index (χ0v) is 37.3. The number of carbonyl (C=O) groups excluding carboxylic acids is 8. The van der Waals surface area contributed by atoms with Crippen molar-refractivity contribution in [3.05, 3.63) is 0 Å². The molecule has 0 saturated carbocycles. The topological polar surface area (TPSA) is 331 Å². The fraction of sp³-hybridized carbons (Fsp3) is 0.805. The Morgan fingerprint density at radius 1 is 0.302 bits per heavy atom. The normalized spacial score (nSPS) is 10.8. The number of nitrogens with one attached hydrogen (secondary N) is 4. The van der Waals surface area contributed by atoms with Crippen LogP contribution in [0.5, 0.6) is 0 Å². The maximum atomic E-state index is 12.2. The number of hydroxylamine groups is 8. The monoisotopic (exact) mass is 903 g/mol. The van der Waals surface area contributed by atoms with Gasteiger partial charge in [0, 0.05) is 104 Å². The fourth-order valence-electron chi connectivity index (χ4n) is 5.88. The molecule has 0 saturated heterocycles. The van der Waals surface area contributed by atoms with Gasteiger partial charge in [0.1, 0.15) is 0 Å². The van der Waals surface area contributed by atoms with E-state index in [1.54, 1.807) is 0 Å². The van der Waals surface area contributed by atoms with Crippen molar-refractivity contribution in [2.24, 2.45) is 11.5 Å². The first-order valence-corrected chi connectivity index (χ1v) is 22.7. The van der Waals surface area contributed by atoms with Gasteiger partial charge >= 0.3 is 0 Å². The molecule has 0 aliphatic heterocycles. The molecular weight excluding hydrogens is 825 g/mol. The van der Waals surface area contributed by atoms with Crippen molar-refractivity contribution in [3.8, 4) is 0 Å². The van der Waals surface area contributed by atoms with E-state index in [4.69, 9.17) is 11.5 Å². The maximum Gasteiger partial charge on any atom is 0.246 e. The molecule has 22 heteroatoms. The summed E-state index contributed by atoms with van der Waals surface area (Å²) in [5, 5.41) is 52.8. The fourth-order valence-corrected chi connectivity index (χ4v) is 5.88. The summed E-state index contributed by atoms with van der Waals surface area (Å²) >= 11 is 0. The van der Waals surface area contributed by atoms with E-state index in [9.17, 15) is 59.2 Å². The highest BCUT2D eigenvalue weighted by atomic mass is 16.5. The Hall–Kier alpha value is -4.48. The molecular formula is C41H78N10O12. The minimum Gasteiger partial charge on any atom is -0.356 e. The summed E-state index contributed by atoms with van der Waals surface area (Å²) in [6, 6.07) is 0. The molecule has 0 aliphatic rings. The van der Waals surface area contributed by atoms with Gasteiger partial charge < -0.3 is 32.7 Å². The van der Waals surface area contributed by atoms with Gasteiger partial charge in [-0.2, -0.15) is 0 Å². The number of hydrogen-bond acceptors (Lipinski definition) is 14. The van der Waals surface area contributed by atoms with Gasteiger partial charge in [0.05, 0.1) is 0 Å². The predicted molar refractivity (Wildman–Crippen MR) is 230 cm³/mol. The van der Waals surface area contributed by atoms with Crippen molar-refractivity contribution in [2.75, 3.05) is 65.4 Å². The average Bonchev–Trinajstić information content (AvgIpc) is 3.27. The Morgan fingerprint density at radius 3 is 0.730 bits per heavy atom. The highest BCUT2D eigenvalue weighted by molar-refractivity contribution is 5.85. The second kappa shape index (κ2) is 39.1. The van der Waals surface area contributed by atoms with Crippen LogP contribution in [0.4, 0.5) is 0 Å². The summed E-state index contributed by atoms with van der Waals surface area (Å²) in [6.45, 7) is 3.15. The number of carbonyl (C=O) groups is 8. The minimum absolute atomic E-state index is 0.0414. The van der Waals surface area contributed by atoms with Crippen LogP contribution in [0.25, 0.3) is 0 Å². The largest absolute Gasteiger partial charge is 0.356 e. The second-order valence-corrected chi connectivity index (χ2v) is 15.3. The summed E-state index contributed by atoms with van der Waals surface area (Å²) in [6.07, 6.45) is 9.13. The minimum atomic E-state index is -0.578. The Bertz CT molecular complexity index is 1230. The molecule has 0 aromatic rings. The summed E-state index contributed by atoms with van der Waals surface area (Å²) in [5.74, 6) is -3.46. The molecule has 0 aliphatic carbocycles. The third-order valence-corrected chi connectivity index (χ3v) is 9.80. The Labute approximate surface area is 372 Å². The van der Waals surface area contributed by atoms with Crippen LogP contribution in [0.3, 0.4) is 0 Å². The molecule has 0 radical (unpaired) electrons. The van der Waals surface area contributed by atoms with Crippen LogP contribution >= 0.6 is 0 Å². The Balaban J connectivity index is 3.81. The van der Waals surface area contributed by atoms with Crippen molar-refractivity contribution in [1.82, 2.24) is 41.5 Å². The first-order chi connectivity index (χ1) is 30.2. The quantitative estimate of drug-likeness (QED) is 0.0235. The number of nitrogens with two attached hydrogens (primary N) is 2. The van der Waals surface area contributed by atoms with Crippen molar-refractivity contribution in [1.29, 1.82) is 0 Å².